The van der Waals surface area contributed by atoms with Crippen molar-refractivity contribution in [2.24, 2.45) is 0 Å². The van der Waals surface area contributed by atoms with Crippen LogP contribution in [0.15, 0.2) is 6.07 Å². The molecule has 3 rings (SSSR count). The fourth-order valence-corrected chi connectivity index (χ4v) is 3.28. The number of rotatable bonds is 1. The Morgan fingerprint density at radius 1 is 0.867 bits per heavy atom. The van der Waals surface area contributed by atoms with Gasteiger partial charge in [-0.3, -0.25) is 0 Å². The van der Waals surface area contributed by atoms with Gasteiger partial charge in [0.1, 0.15) is 0 Å². The molecule has 0 bridgehead atoms. The molecule has 0 aliphatic heterocycles. The molecule has 15 heavy (non-hydrogen) atoms. The lowest BCUT2D eigenvalue weighted by Gasteiger charge is -2.22. The molecule has 0 saturated heterocycles. The number of aryl methyl sites for hydroxylation is 2. The molecule has 0 heterocycles. The van der Waals surface area contributed by atoms with E-state index in [1.807, 2.05) is 0 Å². The van der Waals surface area contributed by atoms with Gasteiger partial charge in [-0.2, -0.15) is 0 Å². The van der Waals surface area contributed by atoms with Crippen LogP contribution < -0.4 is 5.32 Å². The van der Waals surface area contributed by atoms with E-state index < -0.39 is 0 Å². The normalized spacial score (nSPS) is 18.5. The maximum absolute atomic E-state index is 3.46. The van der Waals surface area contributed by atoms with Crippen LogP contribution in [0.25, 0.3) is 0 Å². The highest BCUT2D eigenvalue weighted by molar-refractivity contribution is 5.65. The van der Waals surface area contributed by atoms with Crippen LogP contribution in [0.4, 0.5) is 5.69 Å². The van der Waals surface area contributed by atoms with E-state index in [-0.39, 0.29) is 0 Å². The second-order valence-corrected chi connectivity index (χ2v) is 4.84. The number of hydrogen-bond acceptors (Lipinski definition) is 1. The molecule has 1 nitrogen and oxygen atoms in total. The van der Waals surface area contributed by atoms with E-state index in [4.69, 9.17) is 0 Å². The molecule has 1 aromatic carbocycles. The van der Waals surface area contributed by atoms with Gasteiger partial charge >= 0.3 is 0 Å². The summed E-state index contributed by atoms with van der Waals surface area (Å²) in [6.45, 7) is 0. The lowest BCUT2D eigenvalue weighted by atomic mass is 9.87. The molecule has 1 heteroatoms. The number of hydrogen-bond donors (Lipinski definition) is 1. The third-order valence-electron chi connectivity index (χ3n) is 3.97. The molecule has 1 aromatic rings. The Kier molecular flexibility index (Phi) is 2.19. The van der Waals surface area contributed by atoms with Gasteiger partial charge in [0.05, 0.1) is 0 Å². The van der Waals surface area contributed by atoms with Crippen molar-refractivity contribution in [3.63, 3.8) is 0 Å². The molecule has 0 saturated carbocycles. The van der Waals surface area contributed by atoms with Gasteiger partial charge in [-0.15, -0.1) is 0 Å². The predicted molar refractivity (Wildman–Crippen MR) is 64.7 cm³/mol. The average molecular weight is 201 g/mol. The van der Waals surface area contributed by atoms with Gasteiger partial charge in [-0.1, -0.05) is 6.07 Å². The maximum Gasteiger partial charge on any atom is 0.0408 e. The van der Waals surface area contributed by atoms with Crippen LogP contribution in [-0.4, -0.2) is 7.05 Å². The first kappa shape index (κ1) is 9.26. The SMILES string of the molecule is CNc1c2c(cc3c1CCC3)CCCC2. The molecule has 80 valence electrons. The summed E-state index contributed by atoms with van der Waals surface area (Å²) in [6.07, 6.45) is 9.30. The molecule has 2 aliphatic rings. The lowest BCUT2D eigenvalue weighted by molar-refractivity contribution is 0.685. The standard InChI is InChI=1S/C14H19N/c1-15-14-12-7-3-2-5-10(12)9-11-6-4-8-13(11)14/h9,15H,2-8H2,1H3. The minimum Gasteiger partial charge on any atom is -0.388 e. The van der Waals surface area contributed by atoms with Gasteiger partial charge in [-0.05, 0) is 67.2 Å². The predicted octanol–water partition coefficient (Wildman–Crippen LogP) is 3.10. The summed E-state index contributed by atoms with van der Waals surface area (Å²) < 4.78 is 0. The monoisotopic (exact) mass is 201 g/mol. The van der Waals surface area contributed by atoms with E-state index in [9.17, 15) is 0 Å². The van der Waals surface area contributed by atoms with Gasteiger partial charge in [-0.25, -0.2) is 0 Å². The Morgan fingerprint density at radius 3 is 2.20 bits per heavy atom. The smallest absolute Gasteiger partial charge is 0.0408 e. The average Bonchev–Trinajstić information content (AvgIpc) is 2.73. The Bertz CT molecular complexity index is 393. The summed E-state index contributed by atoms with van der Waals surface area (Å²) in [5.41, 5.74) is 7.99. The van der Waals surface area contributed by atoms with Gasteiger partial charge in [0.2, 0.25) is 0 Å². The largest absolute Gasteiger partial charge is 0.388 e. The highest BCUT2D eigenvalue weighted by atomic mass is 14.8. The van der Waals surface area contributed by atoms with Crippen molar-refractivity contribution in [2.45, 2.75) is 44.9 Å². The van der Waals surface area contributed by atoms with E-state index in [1.165, 1.54) is 50.6 Å². The van der Waals surface area contributed by atoms with Gasteiger partial charge in [0.25, 0.3) is 0 Å². The highest BCUT2D eigenvalue weighted by Crippen LogP contribution is 2.37. The van der Waals surface area contributed by atoms with Crippen molar-refractivity contribution >= 4 is 5.69 Å². The van der Waals surface area contributed by atoms with Gasteiger partial charge < -0.3 is 5.32 Å². The molecule has 2 aliphatic carbocycles. The number of nitrogens with one attached hydrogen (secondary N) is 1. The topological polar surface area (TPSA) is 12.0 Å². The van der Waals surface area contributed by atoms with Gasteiger partial charge in [0, 0.05) is 12.7 Å². The molecule has 0 radical (unpaired) electrons. The number of fused-ring (bicyclic) bond motifs is 2. The van der Waals surface area contributed by atoms with E-state index in [0.29, 0.717) is 0 Å². The third kappa shape index (κ3) is 1.37. The number of benzene rings is 1. The molecule has 0 aromatic heterocycles. The molecular formula is C14H19N. The second kappa shape index (κ2) is 3.55. The van der Waals surface area contributed by atoms with Crippen molar-refractivity contribution in [1.29, 1.82) is 0 Å². The van der Waals surface area contributed by atoms with Crippen LogP contribution in [0.1, 0.15) is 41.5 Å². The second-order valence-electron chi connectivity index (χ2n) is 4.84. The Hall–Kier alpha value is -0.980. The van der Waals surface area contributed by atoms with Crippen LogP contribution in [-0.2, 0) is 25.7 Å². The minimum atomic E-state index is 1.29. The quantitative estimate of drug-likeness (QED) is 0.736. The van der Waals surface area contributed by atoms with Crippen LogP contribution in [0.5, 0.6) is 0 Å². The van der Waals surface area contributed by atoms with Crippen molar-refractivity contribution in [3.05, 3.63) is 28.3 Å². The zero-order chi connectivity index (χ0) is 10.3. The summed E-state index contributed by atoms with van der Waals surface area (Å²) in [4.78, 5) is 0. The lowest BCUT2D eigenvalue weighted by Crippen LogP contribution is -2.09. The molecule has 0 unspecified atom stereocenters. The fraction of sp³-hybridized carbons (Fsp3) is 0.571. The van der Waals surface area contributed by atoms with Crippen LogP contribution in [0, 0.1) is 0 Å². The molecule has 1 N–H and O–H groups in total. The molecule has 0 fully saturated rings. The van der Waals surface area contributed by atoms with E-state index in [2.05, 4.69) is 18.4 Å². The number of anilines is 1. The van der Waals surface area contributed by atoms with Crippen LogP contribution >= 0.6 is 0 Å². The summed E-state index contributed by atoms with van der Waals surface area (Å²) in [6, 6.07) is 2.50. The van der Waals surface area contributed by atoms with E-state index >= 15 is 0 Å². The zero-order valence-electron chi connectivity index (χ0n) is 9.53. The summed E-state index contributed by atoms with van der Waals surface area (Å²) >= 11 is 0. The van der Waals surface area contributed by atoms with Crippen molar-refractivity contribution in [2.75, 3.05) is 12.4 Å². The first-order valence-electron chi connectivity index (χ1n) is 6.24. The van der Waals surface area contributed by atoms with Crippen LogP contribution in [0.2, 0.25) is 0 Å². The Labute approximate surface area is 91.9 Å². The maximum atomic E-state index is 3.46. The molecule has 0 spiro atoms. The van der Waals surface area contributed by atoms with Crippen molar-refractivity contribution in [1.82, 2.24) is 0 Å². The zero-order valence-corrected chi connectivity index (χ0v) is 9.53. The first-order chi connectivity index (χ1) is 7.40. The third-order valence-corrected chi connectivity index (χ3v) is 3.97. The van der Waals surface area contributed by atoms with Crippen LogP contribution in [0.3, 0.4) is 0 Å². The first-order valence-corrected chi connectivity index (χ1v) is 6.24. The van der Waals surface area contributed by atoms with E-state index in [0.717, 1.165) is 0 Å². The summed E-state index contributed by atoms with van der Waals surface area (Å²) in [5, 5.41) is 3.46. The Balaban J connectivity index is 2.19. The van der Waals surface area contributed by atoms with Gasteiger partial charge in [0.15, 0.2) is 0 Å². The van der Waals surface area contributed by atoms with Crippen molar-refractivity contribution < 1.29 is 0 Å². The minimum absolute atomic E-state index is 1.29. The fourth-order valence-electron chi connectivity index (χ4n) is 3.28. The van der Waals surface area contributed by atoms with E-state index in [1.54, 1.807) is 22.3 Å². The summed E-state index contributed by atoms with van der Waals surface area (Å²) in [7, 11) is 2.09. The van der Waals surface area contributed by atoms with Crippen molar-refractivity contribution in [3.8, 4) is 0 Å². The molecular weight excluding hydrogens is 182 g/mol. The summed E-state index contributed by atoms with van der Waals surface area (Å²) in [5.74, 6) is 0. The highest BCUT2D eigenvalue weighted by Gasteiger charge is 2.21. The Morgan fingerprint density at radius 2 is 1.47 bits per heavy atom. The molecule has 0 atom stereocenters. The molecule has 0 amide bonds.